The minimum absolute atomic E-state index is 0.240. The van der Waals surface area contributed by atoms with Crippen LogP contribution in [-0.4, -0.2) is 24.2 Å². The van der Waals surface area contributed by atoms with Gasteiger partial charge in [0.1, 0.15) is 5.75 Å². The molecule has 0 aliphatic carbocycles. The van der Waals surface area contributed by atoms with E-state index in [1.54, 1.807) is 12.1 Å². The van der Waals surface area contributed by atoms with E-state index in [1.165, 1.54) is 12.2 Å². The maximum absolute atomic E-state index is 12.4. The average Bonchev–Trinajstić information content (AvgIpc) is 2.38. The second-order valence-electron chi connectivity index (χ2n) is 5.73. The van der Waals surface area contributed by atoms with Crippen molar-refractivity contribution in [3.63, 3.8) is 0 Å². The molecule has 20 heavy (non-hydrogen) atoms. The lowest BCUT2D eigenvalue weighted by atomic mass is 9.82. The van der Waals surface area contributed by atoms with Gasteiger partial charge in [-0.1, -0.05) is 32.0 Å². The Morgan fingerprint density at radius 3 is 2.85 bits per heavy atom. The predicted octanol–water partition coefficient (Wildman–Crippen LogP) is 3.91. The van der Waals surface area contributed by atoms with E-state index in [9.17, 15) is 8.78 Å². The molecule has 1 N–H and O–H groups in total. The van der Waals surface area contributed by atoms with Gasteiger partial charge in [-0.2, -0.15) is 20.5 Å². The number of rotatable bonds is 5. The Balaban J connectivity index is 2.00. The second kappa shape index (κ2) is 6.76. The summed E-state index contributed by atoms with van der Waals surface area (Å²) in [4.78, 5) is 0. The molecule has 0 spiro atoms. The largest absolute Gasteiger partial charge is 0.434 e. The van der Waals surface area contributed by atoms with Crippen molar-refractivity contribution in [1.29, 1.82) is 0 Å². The van der Waals surface area contributed by atoms with E-state index in [1.807, 2.05) is 23.9 Å². The number of para-hydroxylation sites is 1. The lowest BCUT2D eigenvalue weighted by Gasteiger charge is -2.39. The van der Waals surface area contributed by atoms with E-state index in [-0.39, 0.29) is 11.2 Å². The summed E-state index contributed by atoms with van der Waals surface area (Å²) in [5.74, 6) is 2.51. The lowest BCUT2D eigenvalue weighted by Crippen LogP contribution is -2.46. The molecule has 1 aliphatic rings. The Kier molecular flexibility index (Phi) is 5.27. The number of hydrogen-bond acceptors (Lipinski definition) is 3. The van der Waals surface area contributed by atoms with E-state index in [2.05, 4.69) is 23.9 Å². The normalized spacial score (nSPS) is 21.9. The first-order valence-electron chi connectivity index (χ1n) is 6.83. The lowest BCUT2D eigenvalue weighted by molar-refractivity contribution is -0.0505. The SMILES string of the molecule is CC1(C)CCSCC1NCc1ccccc1OC(F)F. The van der Waals surface area contributed by atoms with E-state index < -0.39 is 6.61 Å². The molecule has 1 unspecified atom stereocenters. The van der Waals surface area contributed by atoms with Crippen LogP contribution < -0.4 is 10.1 Å². The maximum Gasteiger partial charge on any atom is 0.387 e. The number of ether oxygens (including phenoxy) is 1. The molecule has 2 nitrogen and oxygen atoms in total. The summed E-state index contributed by atoms with van der Waals surface area (Å²) in [7, 11) is 0. The van der Waals surface area contributed by atoms with Crippen LogP contribution in [0.1, 0.15) is 25.8 Å². The van der Waals surface area contributed by atoms with E-state index >= 15 is 0 Å². The van der Waals surface area contributed by atoms with Gasteiger partial charge in [-0.15, -0.1) is 0 Å². The molecule has 0 bridgehead atoms. The monoisotopic (exact) mass is 301 g/mol. The molecule has 1 atom stereocenters. The zero-order valence-electron chi connectivity index (χ0n) is 11.9. The Labute approximate surface area is 123 Å². The van der Waals surface area contributed by atoms with Gasteiger partial charge >= 0.3 is 6.61 Å². The van der Waals surface area contributed by atoms with Crippen LogP contribution >= 0.6 is 11.8 Å². The van der Waals surface area contributed by atoms with Gasteiger partial charge in [-0.3, -0.25) is 0 Å². The van der Waals surface area contributed by atoms with Crippen LogP contribution in [0.4, 0.5) is 8.78 Å². The molecule has 1 fully saturated rings. The topological polar surface area (TPSA) is 21.3 Å². The molecule has 2 rings (SSSR count). The number of halogens is 2. The number of benzene rings is 1. The Bertz CT molecular complexity index is 440. The molecule has 1 saturated heterocycles. The van der Waals surface area contributed by atoms with Crippen LogP contribution in [0.2, 0.25) is 0 Å². The zero-order valence-corrected chi connectivity index (χ0v) is 12.7. The van der Waals surface area contributed by atoms with Gasteiger partial charge in [0.15, 0.2) is 0 Å². The fourth-order valence-corrected chi connectivity index (χ4v) is 4.01. The highest BCUT2D eigenvalue weighted by Crippen LogP contribution is 2.34. The molecular formula is C15H21F2NOS. The summed E-state index contributed by atoms with van der Waals surface area (Å²) >= 11 is 1.94. The first kappa shape index (κ1) is 15.6. The van der Waals surface area contributed by atoms with E-state index in [0.29, 0.717) is 12.6 Å². The minimum Gasteiger partial charge on any atom is -0.434 e. The van der Waals surface area contributed by atoms with Gasteiger partial charge in [0, 0.05) is 23.9 Å². The molecule has 0 saturated carbocycles. The summed E-state index contributed by atoms with van der Waals surface area (Å²) in [5.41, 5.74) is 1.02. The third-order valence-corrected chi connectivity index (χ3v) is 4.91. The van der Waals surface area contributed by atoms with Crippen molar-refractivity contribution in [2.75, 3.05) is 11.5 Å². The fraction of sp³-hybridized carbons (Fsp3) is 0.600. The smallest absolute Gasteiger partial charge is 0.387 e. The number of nitrogens with one attached hydrogen (secondary N) is 1. The predicted molar refractivity (Wildman–Crippen MR) is 79.4 cm³/mol. The van der Waals surface area contributed by atoms with E-state index in [4.69, 9.17) is 0 Å². The highest BCUT2D eigenvalue weighted by Gasteiger charge is 2.32. The Morgan fingerprint density at radius 1 is 1.40 bits per heavy atom. The van der Waals surface area contributed by atoms with Crippen molar-refractivity contribution in [2.24, 2.45) is 5.41 Å². The molecule has 1 aliphatic heterocycles. The summed E-state index contributed by atoms with van der Waals surface area (Å²) in [6.45, 7) is 2.29. The minimum atomic E-state index is -2.78. The Hall–Kier alpha value is -0.810. The van der Waals surface area contributed by atoms with Crippen LogP contribution in [0, 0.1) is 5.41 Å². The summed E-state index contributed by atoms with van der Waals surface area (Å²) < 4.78 is 29.3. The van der Waals surface area contributed by atoms with Crippen LogP contribution in [0.15, 0.2) is 24.3 Å². The number of hydrogen-bond donors (Lipinski definition) is 1. The van der Waals surface area contributed by atoms with Crippen molar-refractivity contribution < 1.29 is 13.5 Å². The van der Waals surface area contributed by atoms with Gasteiger partial charge in [-0.05, 0) is 23.7 Å². The highest BCUT2D eigenvalue weighted by atomic mass is 32.2. The third-order valence-electron chi connectivity index (χ3n) is 3.85. The molecule has 0 radical (unpaired) electrons. The maximum atomic E-state index is 12.4. The molecule has 0 amide bonds. The molecule has 5 heteroatoms. The quantitative estimate of drug-likeness (QED) is 0.891. The van der Waals surface area contributed by atoms with Crippen molar-refractivity contribution >= 4 is 11.8 Å². The van der Waals surface area contributed by atoms with E-state index in [0.717, 1.165) is 11.3 Å². The van der Waals surface area contributed by atoms with Crippen LogP contribution in [0.3, 0.4) is 0 Å². The summed E-state index contributed by atoms with van der Waals surface area (Å²) in [6, 6.07) is 7.36. The molecule has 1 aromatic carbocycles. The number of alkyl halides is 2. The summed E-state index contributed by atoms with van der Waals surface area (Å²) in [5, 5.41) is 3.50. The first-order valence-corrected chi connectivity index (χ1v) is 7.98. The molecule has 1 heterocycles. The highest BCUT2D eigenvalue weighted by molar-refractivity contribution is 7.99. The average molecular weight is 301 g/mol. The van der Waals surface area contributed by atoms with Crippen molar-refractivity contribution in [1.82, 2.24) is 5.32 Å². The number of thioether (sulfide) groups is 1. The second-order valence-corrected chi connectivity index (χ2v) is 6.88. The standard InChI is InChI=1S/C15H21F2NOS/c1-15(2)7-8-20-10-13(15)18-9-11-5-3-4-6-12(11)19-14(16)17/h3-6,13-14,18H,7-10H2,1-2H3. The molecular weight excluding hydrogens is 280 g/mol. The zero-order chi connectivity index (χ0) is 14.6. The van der Waals surface area contributed by atoms with Gasteiger partial charge < -0.3 is 10.1 Å². The van der Waals surface area contributed by atoms with Gasteiger partial charge in [-0.25, -0.2) is 0 Å². The van der Waals surface area contributed by atoms with Crippen molar-refractivity contribution in [3.8, 4) is 5.75 Å². The summed E-state index contributed by atoms with van der Waals surface area (Å²) in [6.07, 6.45) is 1.17. The Morgan fingerprint density at radius 2 is 2.15 bits per heavy atom. The first-order chi connectivity index (χ1) is 9.49. The fourth-order valence-electron chi connectivity index (χ4n) is 2.37. The van der Waals surface area contributed by atoms with Gasteiger partial charge in [0.05, 0.1) is 0 Å². The van der Waals surface area contributed by atoms with Crippen molar-refractivity contribution in [3.05, 3.63) is 29.8 Å². The van der Waals surface area contributed by atoms with Crippen molar-refractivity contribution in [2.45, 2.75) is 39.5 Å². The molecule has 112 valence electrons. The van der Waals surface area contributed by atoms with Gasteiger partial charge in [0.25, 0.3) is 0 Å². The molecule has 1 aromatic rings. The third kappa shape index (κ3) is 4.09. The van der Waals surface area contributed by atoms with Crippen LogP contribution in [0.25, 0.3) is 0 Å². The van der Waals surface area contributed by atoms with Crippen LogP contribution in [0.5, 0.6) is 5.75 Å². The molecule has 0 aromatic heterocycles. The van der Waals surface area contributed by atoms with Gasteiger partial charge in [0.2, 0.25) is 0 Å². The van der Waals surface area contributed by atoms with Crippen LogP contribution in [-0.2, 0) is 6.54 Å².